The first-order valence-corrected chi connectivity index (χ1v) is 10.2. The molecule has 1 aliphatic carbocycles. The summed E-state index contributed by atoms with van der Waals surface area (Å²) >= 11 is 0. The molecule has 8 heteroatoms. The molecule has 1 aromatic heterocycles. The number of hydrogen-bond donors (Lipinski definition) is 2. The van der Waals surface area contributed by atoms with Gasteiger partial charge in [-0.1, -0.05) is 24.3 Å². The second-order valence-corrected chi connectivity index (χ2v) is 7.59. The van der Waals surface area contributed by atoms with Crippen LogP contribution in [0.4, 0.5) is 19.0 Å². The van der Waals surface area contributed by atoms with Crippen molar-refractivity contribution < 1.29 is 22.7 Å². The summed E-state index contributed by atoms with van der Waals surface area (Å²) < 4.78 is 45.1. The lowest BCUT2D eigenvalue weighted by atomic mass is 9.99. The normalized spacial score (nSPS) is 16.4. The smallest absolute Gasteiger partial charge is 0.433 e. The van der Waals surface area contributed by atoms with Crippen LogP contribution >= 0.6 is 0 Å². The van der Waals surface area contributed by atoms with Crippen molar-refractivity contribution >= 4 is 22.5 Å². The lowest BCUT2D eigenvalue weighted by Gasteiger charge is -2.24. The van der Waals surface area contributed by atoms with Crippen molar-refractivity contribution in [3.8, 4) is 5.75 Å². The number of halogens is 3. The molecular weight excluding hydrogens is 419 g/mol. The molecule has 2 aromatic carbocycles. The highest BCUT2D eigenvalue weighted by atomic mass is 19.4. The van der Waals surface area contributed by atoms with Crippen LogP contribution in [0.25, 0.3) is 10.8 Å². The standard InChI is InChI=1S/C24H22F3N3O2/c1-32-19-11-9-15(10-12-19)23(31)29-18-7-4-6-17(14-18)28-22-20-8-3-2-5-16(20)13-21(30-22)24(25,26)27/h2-3,5,8-14,17H,4,6-7H2,1H3,(H,28,30)(H,29,31)/t17-/m0/s1. The Morgan fingerprint density at radius 1 is 1.12 bits per heavy atom. The summed E-state index contributed by atoms with van der Waals surface area (Å²) in [5.41, 5.74) is 0.282. The van der Waals surface area contributed by atoms with E-state index in [2.05, 4.69) is 15.6 Å². The third kappa shape index (κ3) is 4.85. The lowest BCUT2D eigenvalue weighted by molar-refractivity contribution is -0.141. The Balaban J connectivity index is 1.55. The summed E-state index contributed by atoms with van der Waals surface area (Å²) in [4.78, 5) is 16.4. The van der Waals surface area contributed by atoms with E-state index in [-0.39, 0.29) is 17.8 Å². The van der Waals surface area contributed by atoms with Crippen LogP contribution in [0, 0.1) is 0 Å². The molecule has 0 bridgehead atoms. The molecule has 0 saturated heterocycles. The van der Waals surface area contributed by atoms with Crippen LogP contribution in [0.2, 0.25) is 0 Å². The zero-order valence-corrected chi connectivity index (χ0v) is 17.4. The Hall–Kier alpha value is -3.55. The minimum absolute atomic E-state index is 0.180. The number of methoxy groups -OCH3 is 1. The van der Waals surface area contributed by atoms with Crippen LogP contribution in [-0.4, -0.2) is 24.0 Å². The van der Waals surface area contributed by atoms with Crippen molar-refractivity contribution in [3.05, 3.63) is 77.6 Å². The van der Waals surface area contributed by atoms with Gasteiger partial charge in [0.1, 0.15) is 17.3 Å². The summed E-state index contributed by atoms with van der Waals surface area (Å²) in [6.45, 7) is 0. The molecular formula is C24H22F3N3O2. The number of alkyl halides is 3. The number of rotatable bonds is 5. The van der Waals surface area contributed by atoms with Crippen molar-refractivity contribution in [2.24, 2.45) is 0 Å². The lowest BCUT2D eigenvalue weighted by Crippen LogP contribution is -2.29. The van der Waals surface area contributed by atoms with Crippen molar-refractivity contribution in [1.82, 2.24) is 10.3 Å². The number of aromatic nitrogens is 1. The molecule has 4 rings (SSSR count). The fourth-order valence-corrected chi connectivity index (χ4v) is 3.73. The molecule has 5 nitrogen and oxygen atoms in total. The fourth-order valence-electron chi connectivity index (χ4n) is 3.73. The maximum Gasteiger partial charge on any atom is 0.433 e. The molecule has 1 atom stereocenters. The van der Waals surface area contributed by atoms with E-state index in [1.54, 1.807) is 55.6 Å². The van der Waals surface area contributed by atoms with E-state index < -0.39 is 11.9 Å². The van der Waals surface area contributed by atoms with Crippen LogP contribution in [0.1, 0.15) is 35.3 Å². The van der Waals surface area contributed by atoms with E-state index in [4.69, 9.17) is 4.74 Å². The van der Waals surface area contributed by atoms with Gasteiger partial charge >= 0.3 is 6.18 Å². The van der Waals surface area contributed by atoms with Gasteiger partial charge in [0.05, 0.1) is 7.11 Å². The topological polar surface area (TPSA) is 63.2 Å². The molecule has 1 aliphatic rings. The van der Waals surface area contributed by atoms with E-state index in [0.29, 0.717) is 34.9 Å². The number of carbonyl (C=O) groups excluding carboxylic acids is 1. The second kappa shape index (κ2) is 8.90. The maximum absolute atomic E-state index is 13.3. The molecule has 0 radical (unpaired) electrons. The Labute approximate surface area is 183 Å². The molecule has 0 aliphatic heterocycles. The number of amides is 1. The van der Waals surface area contributed by atoms with Crippen LogP contribution < -0.4 is 15.4 Å². The number of ether oxygens (including phenoxy) is 1. The van der Waals surface area contributed by atoms with Crippen LogP contribution in [-0.2, 0) is 6.18 Å². The largest absolute Gasteiger partial charge is 0.497 e. The highest BCUT2D eigenvalue weighted by Gasteiger charge is 2.33. The average molecular weight is 441 g/mol. The fraction of sp³-hybridized carbons (Fsp3) is 0.250. The molecule has 32 heavy (non-hydrogen) atoms. The van der Waals surface area contributed by atoms with Gasteiger partial charge in [0.2, 0.25) is 0 Å². The van der Waals surface area contributed by atoms with Gasteiger partial charge in [-0.3, -0.25) is 4.79 Å². The SMILES string of the molecule is COc1ccc(C(=O)NC2=C[C@@H](Nc3nc(C(F)(F)F)cc4ccccc34)CCC2)cc1. The molecule has 2 N–H and O–H groups in total. The Kier molecular flexibility index (Phi) is 6.03. The van der Waals surface area contributed by atoms with Gasteiger partial charge in [-0.25, -0.2) is 4.98 Å². The number of allylic oxidation sites excluding steroid dienone is 1. The molecule has 1 heterocycles. The summed E-state index contributed by atoms with van der Waals surface area (Å²) in [7, 11) is 1.55. The number of pyridine rings is 1. The predicted octanol–water partition coefficient (Wildman–Crippen LogP) is 5.54. The van der Waals surface area contributed by atoms with Gasteiger partial charge in [0, 0.05) is 22.7 Å². The first kappa shape index (κ1) is 21.7. The van der Waals surface area contributed by atoms with Gasteiger partial charge in [-0.05, 0) is 61.1 Å². The number of nitrogens with one attached hydrogen (secondary N) is 2. The van der Waals surface area contributed by atoms with Crippen LogP contribution in [0.3, 0.4) is 0 Å². The summed E-state index contributed by atoms with van der Waals surface area (Å²) in [5.74, 6) is 0.588. The van der Waals surface area contributed by atoms with E-state index >= 15 is 0 Å². The molecule has 3 aromatic rings. The van der Waals surface area contributed by atoms with Crippen molar-refractivity contribution in [2.75, 3.05) is 12.4 Å². The first-order valence-electron chi connectivity index (χ1n) is 10.2. The minimum atomic E-state index is -4.54. The summed E-state index contributed by atoms with van der Waals surface area (Å²) in [6, 6.07) is 14.4. The van der Waals surface area contributed by atoms with Crippen molar-refractivity contribution in [1.29, 1.82) is 0 Å². The van der Waals surface area contributed by atoms with Gasteiger partial charge in [-0.15, -0.1) is 0 Å². The molecule has 166 valence electrons. The summed E-state index contributed by atoms with van der Waals surface area (Å²) in [5, 5.41) is 7.12. The highest BCUT2D eigenvalue weighted by Crippen LogP contribution is 2.33. The highest BCUT2D eigenvalue weighted by molar-refractivity contribution is 5.95. The monoisotopic (exact) mass is 441 g/mol. The van der Waals surface area contributed by atoms with Gasteiger partial charge in [-0.2, -0.15) is 13.2 Å². The molecule has 0 saturated carbocycles. The van der Waals surface area contributed by atoms with Crippen molar-refractivity contribution in [3.63, 3.8) is 0 Å². The zero-order chi connectivity index (χ0) is 22.7. The van der Waals surface area contributed by atoms with E-state index in [1.165, 1.54) is 0 Å². The number of carbonyl (C=O) groups is 1. The molecule has 0 fully saturated rings. The maximum atomic E-state index is 13.3. The van der Waals surface area contributed by atoms with Crippen LogP contribution in [0.15, 0.2) is 66.4 Å². The number of hydrogen-bond acceptors (Lipinski definition) is 4. The van der Waals surface area contributed by atoms with E-state index in [9.17, 15) is 18.0 Å². The molecule has 0 spiro atoms. The first-order chi connectivity index (χ1) is 15.3. The Bertz CT molecular complexity index is 1160. The third-order valence-electron chi connectivity index (χ3n) is 5.34. The number of fused-ring (bicyclic) bond motifs is 1. The molecule has 0 unspecified atom stereocenters. The van der Waals surface area contributed by atoms with E-state index in [0.717, 1.165) is 18.2 Å². The zero-order valence-electron chi connectivity index (χ0n) is 17.4. The van der Waals surface area contributed by atoms with Gasteiger partial charge in [0.25, 0.3) is 5.91 Å². The number of nitrogens with zero attached hydrogens (tertiary/aromatic N) is 1. The van der Waals surface area contributed by atoms with Gasteiger partial charge in [0.15, 0.2) is 0 Å². The second-order valence-electron chi connectivity index (χ2n) is 7.59. The minimum Gasteiger partial charge on any atom is -0.497 e. The third-order valence-corrected chi connectivity index (χ3v) is 5.34. The predicted molar refractivity (Wildman–Crippen MR) is 117 cm³/mol. The summed E-state index contributed by atoms with van der Waals surface area (Å²) in [6.07, 6.45) is -0.518. The van der Waals surface area contributed by atoms with Crippen LogP contribution in [0.5, 0.6) is 5.75 Å². The van der Waals surface area contributed by atoms with E-state index in [1.807, 2.05) is 6.08 Å². The average Bonchev–Trinajstić information content (AvgIpc) is 2.78. The number of benzene rings is 2. The van der Waals surface area contributed by atoms with Crippen molar-refractivity contribution in [2.45, 2.75) is 31.5 Å². The van der Waals surface area contributed by atoms with Gasteiger partial charge < -0.3 is 15.4 Å². The Morgan fingerprint density at radius 2 is 1.88 bits per heavy atom. The Morgan fingerprint density at radius 3 is 2.59 bits per heavy atom. The molecule has 1 amide bonds. The quantitative estimate of drug-likeness (QED) is 0.546. The number of anilines is 1.